The quantitative estimate of drug-likeness (QED) is 0.847. The van der Waals surface area contributed by atoms with Gasteiger partial charge in [0.25, 0.3) is 0 Å². The average Bonchev–Trinajstić information content (AvgIpc) is 3.29. The Kier molecular flexibility index (Phi) is 5.93. The zero-order valence-corrected chi connectivity index (χ0v) is 16.1. The third-order valence-electron chi connectivity index (χ3n) is 5.90. The fourth-order valence-electron chi connectivity index (χ4n) is 4.41. The number of likely N-dealkylation sites (tertiary alicyclic amines) is 1. The number of aryl methyl sites for hydroxylation is 1. The van der Waals surface area contributed by atoms with Crippen molar-refractivity contribution in [2.45, 2.75) is 13.5 Å². The van der Waals surface area contributed by atoms with Crippen LogP contribution in [0.2, 0.25) is 0 Å². The first-order chi connectivity index (χ1) is 13.2. The van der Waals surface area contributed by atoms with Gasteiger partial charge in [-0.15, -0.1) is 0 Å². The number of hydrogen-bond donors (Lipinski definition) is 1. The number of rotatable bonds is 6. The predicted octanol–water partition coefficient (Wildman–Crippen LogP) is 2.63. The van der Waals surface area contributed by atoms with Crippen molar-refractivity contribution in [2.24, 2.45) is 11.8 Å². The highest BCUT2D eigenvalue weighted by molar-refractivity contribution is 5.62. The molecule has 0 spiro atoms. The van der Waals surface area contributed by atoms with Gasteiger partial charge in [0.1, 0.15) is 11.5 Å². The van der Waals surface area contributed by atoms with Crippen LogP contribution in [0.4, 0.5) is 0 Å². The minimum Gasteiger partial charge on any atom is -0.461 e. The van der Waals surface area contributed by atoms with E-state index < -0.39 is 0 Å². The Balaban J connectivity index is 1.44. The first-order valence-corrected chi connectivity index (χ1v) is 10.0. The maximum absolute atomic E-state index is 9.90. The first-order valence-electron chi connectivity index (χ1n) is 10.0. The zero-order valence-electron chi connectivity index (χ0n) is 16.1. The Hall–Kier alpha value is -1.66. The fourth-order valence-corrected chi connectivity index (χ4v) is 4.41. The topological polar surface area (TPSA) is 49.1 Å². The lowest BCUT2D eigenvalue weighted by molar-refractivity contribution is 0.0264. The molecule has 0 amide bonds. The summed E-state index contributed by atoms with van der Waals surface area (Å²) in [7, 11) is 0. The summed E-state index contributed by atoms with van der Waals surface area (Å²) in [4.78, 5) is 4.97. The van der Waals surface area contributed by atoms with Gasteiger partial charge in [0.2, 0.25) is 0 Å². The monoisotopic (exact) mass is 370 g/mol. The SMILES string of the molecule is Cc1ccc(-c2ccccc2CN2C[C@@H](CN3CCOCC3)[C@@H](CO)C2)o1. The summed E-state index contributed by atoms with van der Waals surface area (Å²) in [5.74, 6) is 2.75. The number of morpholine rings is 1. The molecule has 0 radical (unpaired) electrons. The molecule has 3 heterocycles. The van der Waals surface area contributed by atoms with E-state index >= 15 is 0 Å². The highest BCUT2D eigenvalue weighted by atomic mass is 16.5. The predicted molar refractivity (Wildman–Crippen MR) is 105 cm³/mol. The Labute approximate surface area is 161 Å². The summed E-state index contributed by atoms with van der Waals surface area (Å²) in [5, 5.41) is 9.90. The molecule has 2 aromatic rings. The molecular formula is C22H30N2O3. The number of nitrogens with zero attached hydrogens (tertiary/aromatic N) is 2. The zero-order chi connectivity index (χ0) is 18.6. The van der Waals surface area contributed by atoms with Crippen molar-refractivity contribution in [3.63, 3.8) is 0 Å². The Bertz CT molecular complexity index is 739. The molecular weight excluding hydrogens is 340 g/mol. The van der Waals surface area contributed by atoms with Crippen molar-refractivity contribution < 1.29 is 14.3 Å². The molecule has 27 heavy (non-hydrogen) atoms. The van der Waals surface area contributed by atoms with E-state index in [2.05, 4.69) is 40.1 Å². The molecule has 0 saturated carbocycles. The fraction of sp³-hybridized carbons (Fsp3) is 0.545. The van der Waals surface area contributed by atoms with Gasteiger partial charge in [-0.3, -0.25) is 9.80 Å². The lowest BCUT2D eigenvalue weighted by Gasteiger charge is -2.30. The summed E-state index contributed by atoms with van der Waals surface area (Å²) in [5.41, 5.74) is 2.46. The van der Waals surface area contributed by atoms with Gasteiger partial charge in [0, 0.05) is 51.4 Å². The van der Waals surface area contributed by atoms with Gasteiger partial charge >= 0.3 is 0 Å². The van der Waals surface area contributed by atoms with E-state index in [9.17, 15) is 5.11 Å². The largest absolute Gasteiger partial charge is 0.461 e. The third kappa shape index (κ3) is 4.43. The van der Waals surface area contributed by atoms with Gasteiger partial charge in [-0.1, -0.05) is 24.3 Å². The van der Waals surface area contributed by atoms with Crippen LogP contribution in [0.5, 0.6) is 0 Å². The second-order valence-electron chi connectivity index (χ2n) is 7.88. The number of aliphatic hydroxyl groups is 1. The lowest BCUT2D eigenvalue weighted by atomic mass is 9.96. The van der Waals surface area contributed by atoms with Crippen molar-refractivity contribution in [1.29, 1.82) is 0 Å². The molecule has 2 fully saturated rings. The molecule has 0 aliphatic carbocycles. The molecule has 2 aliphatic rings. The van der Waals surface area contributed by atoms with Gasteiger partial charge < -0.3 is 14.3 Å². The van der Waals surface area contributed by atoms with Crippen LogP contribution in [-0.4, -0.2) is 67.5 Å². The van der Waals surface area contributed by atoms with Gasteiger partial charge in [-0.05, 0) is 36.5 Å². The minimum absolute atomic E-state index is 0.268. The van der Waals surface area contributed by atoms with Gasteiger partial charge in [0.05, 0.1) is 13.2 Å². The second-order valence-corrected chi connectivity index (χ2v) is 7.88. The molecule has 2 atom stereocenters. The summed E-state index contributed by atoms with van der Waals surface area (Å²) >= 11 is 0. The maximum atomic E-state index is 9.90. The molecule has 1 aromatic carbocycles. The molecule has 5 heteroatoms. The van der Waals surface area contributed by atoms with Gasteiger partial charge in [0.15, 0.2) is 0 Å². The van der Waals surface area contributed by atoms with E-state index in [-0.39, 0.29) is 6.61 Å². The Morgan fingerprint density at radius 3 is 2.52 bits per heavy atom. The first kappa shape index (κ1) is 18.7. The van der Waals surface area contributed by atoms with E-state index in [0.717, 1.165) is 64.0 Å². The molecule has 146 valence electrons. The van der Waals surface area contributed by atoms with Crippen molar-refractivity contribution in [3.05, 3.63) is 47.7 Å². The van der Waals surface area contributed by atoms with Crippen LogP contribution in [0.1, 0.15) is 11.3 Å². The van der Waals surface area contributed by atoms with Crippen LogP contribution in [-0.2, 0) is 11.3 Å². The van der Waals surface area contributed by atoms with Crippen LogP contribution in [0.3, 0.4) is 0 Å². The van der Waals surface area contributed by atoms with Crippen molar-refractivity contribution >= 4 is 0 Å². The van der Waals surface area contributed by atoms with E-state index in [1.54, 1.807) is 0 Å². The molecule has 2 saturated heterocycles. The highest BCUT2D eigenvalue weighted by Crippen LogP contribution is 2.30. The maximum Gasteiger partial charge on any atom is 0.134 e. The van der Waals surface area contributed by atoms with Crippen LogP contribution >= 0.6 is 0 Å². The van der Waals surface area contributed by atoms with Crippen LogP contribution < -0.4 is 0 Å². The Morgan fingerprint density at radius 1 is 1.00 bits per heavy atom. The third-order valence-corrected chi connectivity index (χ3v) is 5.90. The van der Waals surface area contributed by atoms with Crippen LogP contribution in [0, 0.1) is 18.8 Å². The number of ether oxygens (including phenoxy) is 1. The van der Waals surface area contributed by atoms with Crippen molar-refractivity contribution in [3.8, 4) is 11.3 Å². The minimum atomic E-state index is 0.268. The second kappa shape index (κ2) is 8.57. The van der Waals surface area contributed by atoms with Crippen LogP contribution in [0.25, 0.3) is 11.3 Å². The number of aliphatic hydroxyl groups excluding tert-OH is 1. The molecule has 1 N–H and O–H groups in total. The summed E-state index contributed by atoms with van der Waals surface area (Å²) < 4.78 is 11.3. The number of benzene rings is 1. The highest BCUT2D eigenvalue weighted by Gasteiger charge is 2.34. The molecule has 0 bridgehead atoms. The van der Waals surface area contributed by atoms with Crippen molar-refractivity contribution in [2.75, 3.05) is 52.5 Å². The molecule has 5 nitrogen and oxygen atoms in total. The standard InChI is InChI=1S/C22H30N2O3/c1-17-6-7-22(27-17)21-5-3-2-4-18(21)12-24-14-19(20(15-24)16-25)13-23-8-10-26-11-9-23/h2-7,19-20,25H,8-16H2,1H3/t19-,20-/m1/s1. The smallest absolute Gasteiger partial charge is 0.134 e. The molecule has 2 aliphatic heterocycles. The molecule has 4 rings (SSSR count). The van der Waals surface area contributed by atoms with E-state index in [1.807, 2.05) is 13.0 Å². The number of furan rings is 1. The van der Waals surface area contributed by atoms with E-state index in [4.69, 9.17) is 9.15 Å². The summed E-state index contributed by atoms with van der Waals surface area (Å²) in [6, 6.07) is 12.6. The van der Waals surface area contributed by atoms with Gasteiger partial charge in [-0.2, -0.15) is 0 Å². The lowest BCUT2D eigenvalue weighted by Crippen LogP contribution is -2.41. The summed E-state index contributed by atoms with van der Waals surface area (Å²) in [6.07, 6.45) is 0. The van der Waals surface area contributed by atoms with Crippen LogP contribution in [0.15, 0.2) is 40.8 Å². The van der Waals surface area contributed by atoms with E-state index in [0.29, 0.717) is 11.8 Å². The van der Waals surface area contributed by atoms with Crippen molar-refractivity contribution in [1.82, 2.24) is 9.80 Å². The number of hydrogen-bond acceptors (Lipinski definition) is 5. The normalized spacial score (nSPS) is 24.5. The molecule has 0 unspecified atom stereocenters. The van der Waals surface area contributed by atoms with Gasteiger partial charge in [-0.25, -0.2) is 0 Å². The Morgan fingerprint density at radius 2 is 1.78 bits per heavy atom. The van der Waals surface area contributed by atoms with E-state index in [1.165, 1.54) is 11.1 Å². The molecule has 1 aromatic heterocycles. The summed E-state index contributed by atoms with van der Waals surface area (Å²) in [6.45, 7) is 9.87. The average molecular weight is 370 g/mol.